The maximum Gasteiger partial charge on any atom is -0.693 e. The molecule has 4 N–H and O–H groups in total. The Labute approximate surface area is 255 Å². The Kier molecular flexibility index (Phi) is 16.7. The predicted molar refractivity (Wildman–Crippen MR) is 156 cm³/mol. The molecule has 0 bridgehead atoms. The van der Waals surface area contributed by atoms with E-state index in [2.05, 4.69) is 0 Å². The van der Waals surface area contributed by atoms with Crippen LogP contribution in [0.5, 0.6) is 0 Å². The molecule has 0 aromatic heterocycles. The average molecular weight is 733 g/mol. The van der Waals surface area contributed by atoms with Crippen molar-refractivity contribution in [3.05, 3.63) is 12.3 Å². The van der Waals surface area contributed by atoms with E-state index in [1.165, 1.54) is 30.7 Å². The largest absolute Gasteiger partial charge is 0.693 e. The van der Waals surface area contributed by atoms with Crippen molar-refractivity contribution < 1.29 is 57.3 Å². The monoisotopic (exact) mass is 734 g/mol. The maximum atomic E-state index is 5.21. The van der Waals surface area contributed by atoms with E-state index in [-0.39, 0.29) is 77.2 Å². The summed E-state index contributed by atoms with van der Waals surface area (Å²) < 4.78 is 41.7. The van der Waals surface area contributed by atoms with Gasteiger partial charge >= 0.3 is 50.8 Å². The topological polar surface area (TPSA) is 141 Å². The van der Waals surface area contributed by atoms with Gasteiger partial charge in [0.25, 0.3) is 0 Å². The van der Waals surface area contributed by atoms with Gasteiger partial charge in [-0.2, -0.15) is 0 Å². The van der Waals surface area contributed by atoms with Gasteiger partial charge in [-0.3, -0.25) is 0 Å². The average Bonchev–Trinajstić information content (AvgIpc) is 3.25. The van der Waals surface area contributed by atoms with Crippen molar-refractivity contribution in [2.24, 2.45) is 0 Å². The first kappa shape index (κ1) is 44.0. The van der Waals surface area contributed by atoms with E-state index in [0.29, 0.717) is 0 Å². The third-order valence-corrected chi connectivity index (χ3v) is 8.54. The molecule has 4 aliphatic heterocycles. The Morgan fingerprint density at radius 3 is 0.359 bits per heavy atom. The van der Waals surface area contributed by atoms with Gasteiger partial charge in [0.1, 0.15) is 0 Å². The zero-order valence-corrected chi connectivity index (χ0v) is 29.6. The molecule has 4 fully saturated rings. The quantitative estimate of drug-likeness (QED) is 0.291. The Balaban J connectivity index is -0.000000432. The zero-order chi connectivity index (χ0) is 28.5. The third-order valence-electron chi connectivity index (χ3n) is 8.54. The fourth-order valence-corrected chi connectivity index (χ4v) is 2.19. The molecule has 4 aliphatic rings. The second-order valence-electron chi connectivity index (χ2n) is 13.4. The van der Waals surface area contributed by atoms with Crippen LogP contribution in [0.25, 0.3) is 12.3 Å². The summed E-state index contributed by atoms with van der Waals surface area (Å²) in [4.78, 5) is 0. The fraction of sp³-hybridized carbons (Fsp3) is 1.00. The van der Waals surface area contributed by atoms with Gasteiger partial charge in [-0.05, 0) is 111 Å². The van der Waals surface area contributed by atoms with Crippen LogP contribution in [-0.4, -0.2) is 75.5 Å². The molecule has 4 rings (SSSR count). The van der Waals surface area contributed by atoms with E-state index >= 15 is 0 Å². The number of hydrogen-bond acceptors (Lipinski definition) is 8. The molecule has 4 heterocycles. The normalized spacial score (nSPS) is 27.5. The van der Waals surface area contributed by atoms with Crippen molar-refractivity contribution in [3.63, 3.8) is 0 Å². The van der Waals surface area contributed by atoms with E-state index in [4.69, 9.17) is 37.2 Å². The summed E-state index contributed by atoms with van der Waals surface area (Å²) in [7, 11) is 5.67. The first-order valence-electron chi connectivity index (χ1n) is 12.5. The SMILES string of the molecule is CC1(C)O[B]OC1(C)C.CC1(C)O[B]OC1(C)C.CC1(C)O[B]OC1(C)C.CC1(C)O[B]OC1(C)C.[IrH+2].[NH2-].[NH2-]. The van der Waals surface area contributed by atoms with Gasteiger partial charge in [-0.1, -0.05) is 0 Å². The molecule has 5 radical (unpaired) electrons. The van der Waals surface area contributed by atoms with Gasteiger partial charge in [0.05, 0.1) is 44.8 Å². The summed E-state index contributed by atoms with van der Waals surface area (Å²) in [6.07, 6.45) is 0. The summed E-state index contributed by atoms with van der Waals surface area (Å²) in [5.41, 5.74) is -1.50. The van der Waals surface area contributed by atoms with Gasteiger partial charge in [0.15, 0.2) is 0 Å². The zero-order valence-electron chi connectivity index (χ0n) is 27.1. The van der Waals surface area contributed by atoms with Crippen molar-refractivity contribution in [2.75, 3.05) is 0 Å². The first-order chi connectivity index (χ1) is 15.8. The second-order valence-corrected chi connectivity index (χ2v) is 13.4. The van der Waals surface area contributed by atoms with Crippen LogP contribution in [0.2, 0.25) is 0 Å². The minimum atomic E-state index is -0.188. The Hall–Kier alpha value is 0.509. The number of hydrogen-bond donors (Lipinski definition) is 0. The molecule has 0 spiro atoms. The van der Waals surface area contributed by atoms with Crippen LogP contribution >= 0.6 is 0 Å². The van der Waals surface area contributed by atoms with Crippen molar-refractivity contribution in [2.45, 2.75) is 156 Å². The van der Waals surface area contributed by atoms with Gasteiger partial charge in [0, 0.05) is 0 Å². The minimum absolute atomic E-state index is 0. The van der Waals surface area contributed by atoms with Crippen LogP contribution in [0.15, 0.2) is 0 Å². The Morgan fingerprint density at radius 1 is 0.256 bits per heavy atom. The van der Waals surface area contributed by atoms with E-state index < -0.39 is 0 Å². The molecule has 0 aliphatic carbocycles. The van der Waals surface area contributed by atoms with Crippen molar-refractivity contribution in [3.8, 4) is 0 Å². The molecule has 0 atom stereocenters. The van der Waals surface area contributed by atoms with Crippen LogP contribution in [-0.2, 0) is 57.3 Å². The number of rotatable bonds is 0. The summed E-state index contributed by atoms with van der Waals surface area (Å²) in [6.45, 7) is 32.2. The second kappa shape index (κ2) is 14.8. The molecule has 4 saturated heterocycles. The van der Waals surface area contributed by atoms with Crippen molar-refractivity contribution in [1.82, 2.24) is 0 Å². The number of nitrogens with two attached hydrogens (primary N) is 2. The molecule has 15 heteroatoms. The summed E-state index contributed by atoms with van der Waals surface area (Å²) in [5, 5.41) is 0. The summed E-state index contributed by atoms with van der Waals surface area (Å²) in [5.74, 6) is 0. The van der Waals surface area contributed by atoms with Gasteiger partial charge in [0.2, 0.25) is 0 Å². The molecule has 0 saturated carbocycles. The molecule has 0 amide bonds. The Morgan fingerprint density at radius 2 is 0.333 bits per heavy atom. The molecule has 39 heavy (non-hydrogen) atoms. The molecule has 0 aromatic rings. The predicted octanol–water partition coefficient (Wildman–Crippen LogP) is 5.66. The smallest absolute Gasteiger partial charge is 0.693 e. The van der Waals surface area contributed by atoms with Crippen LogP contribution in [0.4, 0.5) is 0 Å². The minimum Gasteiger partial charge on any atom is -0.693 e. The molecule has 10 nitrogen and oxygen atoms in total. The summed E-state index contributed by atoms with van der Waals surface area (Å²) in [6, 6.07) is 0. The van der Waals surface area contributed by atoms with Crippen molar-refractivity contribution >= 4 is 30.7 Å². The van der Waals surface area contributed by atoms with Crippen LogP contribution < -0.4 is 0 Å². The van der Waals surface area contributed by atoms with E-state index in [0.717, 1.165) is 0 Å². The van der Waals surface area contributed by atoms with Crippen LogP contribution in [0.3, 0.4) is 0 Å². The van der Waals surface area contributed by atoms with Gasteiger partial charge in [-0.15, -0.1) is 0 Å². The standard InChI is InChI=1S/4C6H12BO2.Ir.2H2N.H/c4*1-5(2)6(3,4)9-7-8-5;;;;/h4*1-4H3;;2*1H2;/q;;;;+2;2*-1;. The maximum absolute atomic E-state index is 5.21. The summed E-state index contributed by atoms with van der Waals surface area (Å²) >= 11 is 0. The first-order valence-corrected chi connectivity index (χ1v) is 12.5. The molecular weight excluding hydrogens is 680 g/mol. The van der Waals surface area contributed by atoms with Gasteiger partial charge in [-0.25, -0.2) is 0 Å². The van der Waals surface area contributed by atoms with E-state index in [9.17, 15) is 0 Å². The third kappa shape index (κ3) is 10.9. The molecular formula is C24H53B4IrN2O8. The van der Waals surface area contributed by atoms with Crippen LogP contribution in [0.1, 0.15) is 111 Å². The molecule has 0 unspecified atom stereocenters. The fourth-order valence-electron chi connectivity index (χ4n) is 2.19. The molecule has 0 aromatic carbocycles. The van der Waals surface area contributed by atoms with E-state index in [1.54, 1.807) is 0 Å². The van der Waals surface area contributed by atoms with Crippen LogP contribution in [0, 0.1) is 0 Å². The molecule has 228 valence electrons. The van der Waals surface area contributed by atoms with Crippen molar-refractivity contribution in [1.29, 1.82) is 0 Å². The Bertz CT molecular complexity index is 563. The van der Waals surface area contributed by atoms with Gasteiger partial charge < -0.3 is 49.5 Å². The van der Waals surface area contributed by atoms with E-state index in [1.807, 2.05) is 111 Å².